The quantitative estimate of drug-likeness (QED) is 0.662. The molecule has 0 fully saturated rings. The van der Waals surface area contributed by atoms with Gasteiger partial charge in [0, 0.05) is 12.7 Å². The van der Waals surface area contributed by atoms with E-state index in [4.69, 9.17) is 16.7 Å². The molecule has 0 amide bonds. The van der Waals surface area contributed by atoms with Gasteiger partial charge in [0.15, 0.2) is 0 Å². The van der Waals surface area contributed by atoms with E-state index in [1.807, 2.05) is 0 Å². The number of carboxylic acid groups (broad SMARTS) is 1. The fraction of sp³-hybridized carbons (Fsp3) is 0.0909. The van der Waals surface area contributed by atoms with Crippen molar-refractivity contribution >= 4 is 34.8 Å². The summed E-state index contributed by atoms with van der Waals surface area (Å²) in [6.07, 6.45) is 1.25. The zero-order valence-corrected chi connectivity index (χ0v) is 11.0. The number of nitro groups is 1. The van der Waals surface area contributed by atoms with E-state index in [0.717, 1.165) is 0 Å². The van der Waals surface area contributed by atoms with Crippen molar-refractivity contribution in [3.63, 3.8) is 0 Å². The summed E-state index contributed by atoms with van der Waals surface area (Å²) in [6, 6.07) is 4.18. The lowest BCUT2D eigenvalue weighted by Crippen LogP contribution is -2.01. The lowest BCUT2D eigenvalue weighted by molar-refractivity contribution is -0.384. The zero-order chi connectivity index (χ0) is 14.9. The van der Waals surface area contributed by atoms with Gasteiger partial charge in [0.05, 0.1) is 15.5 Å². The number of aromatic carboxylic acids is 1. The number of halogens is 1. The number of carboxylic acids is 1. The number of nitrogens with one attached hydrogen (secondary N) is 1. The van der Waals surface area contributed by atoms with Crippen molar-refractivity contribution in [1.82, 2.24) is 9.78 Å². The van der Waals surface area contributed by atoms with Crippen molar-refractivity contribution in [2.45, 2.75) is 0 Å². The third-order valence-electron chi connectivity index (χ3n) is 2.47. The lowest BCUT2D eigenvalue weighted by Gasteiger charge is -2.05. The minimum absolute atomic E-state index is 0.0242. The van der Waals surface area contributed by atoms with Crippen LogP contribution in [0.2, 0.25) is 5.02 Å². The van der Waals surface area contributed by atoms with Crippen molar-refractivity contribution in [2.24, 2.45) is 7.05 Å². The Labute approximate surface area is 117 Å². The molecule has 0 aliphatic carbocycles. The Hall–Kier alpha value is -2.61. The van der Waals surface area contributed by atoms with E-state index in [-0.39, 0.29) is 22.1 Å². The van der Waals surface area contributed by atoms with Crippen LogP contribution in [0.4, 0.5) is 17.2 Å². The molecule has 8 nitrogen and oxygen atoms in total. The number of carbonyl (C=O) groups is 1. The molecule has 0 radical (unpaired) electrons. The van der Waals surface area contributed by atoms with Gasteiger partial charge in [-0.1, -0.05) is 11.6 Å². The third-order valence-corrected chi connectivity index (χ3v) is 2.80. The van der Waals surface area contributed by atoms with Gasteiger partial charge in [-0.2, -0.15) is 0 Å². The Morgan fingerprint density at radius 2 is 2.25 bits per heavy atom. The first-order valence-corrected chi connectivity index (χ1v) is 5.74. The number of rotatable bonds is 4. The molecule has 0 spiro atoms. The second kappa shape index (κ2) is 5.17. The van der Waals surface area contributed by atoms with Gasteiger partial charge in [0.1, 0.15) is 6.20 Å². The van der Waals surface area contributed by atoms with Crippen molar-refractivity contribution < 1.29 is 14.8 Å². The molecule has 1 aromatic carbocycles. The Morgan fingerprint density at radius 1 is 1.55 bits per heavy atom. The van der Waals surface area contributed by atoms with Crippen molar-refractivity contribution in [3.05, 3.63) is 45.1 Å². The molecular weight excluding hydrogens is 288 g/mol. The molecule has 104 valence electrons. The van der Waals surface area contributed by atoms with Crippen LogP contribution in [-0.4, -0.2) is 25.8 Å². The summed E-state index contributed by atoms with van der Waals surface area (Å²) >= 11 is 5.74. The van der Waals surface area contributed by atoms with Gasteiger partial charge in [0.2, 0.25) is 5.82 Å². The Kier molecular flexibility index (Phi) is 3.57. The number of aryl methyl sites for hydroxylation is 1. The standard InChI is InChI=1S/C11H9ClN4O4/c1-15-5-9(16(19)20)10(14-15)13-6-2-3-8(12)7(4-6)11(17)18/h2-5H,1H3,(H,13,14)(H,17,18). The lowest BCUT2D eigenvalue weighted by atomic mass is 10.2. The van der Waals surface area contributed by atoms with Gasteiger partial charge >= 0.3 is 11.7 Å². The fourth-order valence-corrected chi connectivity index (χ4v) is 1.80. The smallest absolute Gasteiger partial charge is 0.337 e. The molecule has 0 aliphatic rings. The number of aromatic nitrogens is 2. The molecule has 0 bridgehead atoms. The fourth-order valence-electron chi connectivity index (χ4n) is 1.60. The van der Waals surface area contributed by atoms with E-state index in [2.05, 4.69) is 10.4 Å². The minimum Gasteiger partial charge on any atom is -0.478 e. The first-order chi connectivity index (χ1) is 9.38. The van der Waals surface area contributed by atoms with E-state index in [1.165, 1.54) is 29.1 Å². The maximum absolute atomic E-state index is 11.0. The zero-order valence-electron chi connectivity index (χ0n) is 10.2. The van der Waals surface area contributed by atoms with Crippen LogP contribution < -0.4 is 5.32 Å². The van der Waals surface area contributed by atoms with Crippen LogP contribution in [0.15, 0.2) is 24.4 Å². The third kappa shape index (κ3) is 2.69. The molecule has 0 saturated heterocycles. The van der Waals surface area contributed by atoms with E-state index < -0.39 is 10.9 Å². The monoisotopic (exact) mass is 296 g/mol. The molecule has 0 unspecified atom stereocenters. The minimum atomic E-state index is -1.19. The highest BCUT2D eigenvalue weighted by Gasteiger charge is 2.19. The molecule has 1 heterocycles. The highest BCUT2D eigenvalue weighted by molar-refractivity contribution is 6.33. The summed E-state index contributed by atoms with van der Waals surface area (Å²) in [5.74, 6) is -1.16. The summed E-state index contributed by atoms with van der Waals surface area (Å²) in [7, 11) is 1.54. The molecule has 0 saturated carbocycles. The summed E-state index contributed by atoms with van der Waals surface area (Å²) in [4.78, 5) is 21.2. The van der Waals surface area contributed by atoms with Gasteiger partial charge in [-0.3, -0.25) is 14.8 Å². The van der Waals surface area contributed by atoms with Gasteiger partial charge in [-0.05, 0) is 18.2 Å². The van der Waals surface area contributed by atoms with Crippen molar-refractivity contribution in [3.8, 4) is 0 Å². The van der Waals surface area contributed by atoms with E-state index in [1.54, 1.807) is 7.05 Å². The maximum atomic E-state index is 11.0. The summed E-state index contributed by atoms with van der Waals surface area (Å²) in [6.45, 7) is 0. The van der Waals surface area contributed by atoms with Crippen LogP contribution in [0.3, 0.4) is 0 Å². The topological polar surface area (TPSA) is 110 Å². The van der Waals surface area contributed by atoms with Crippen LogP contribution in [0, 0.1) is 10.1 Å². The Balaban J connectivity index is 2.38. The second-order valence-electron chi connectivity index (χ2n) is 3.92. The number of anilines is 2. The van der Waals surface area contributed by atoms with Crippen LogP contribution >= 0.6 is 11.6 Å². The molecule has 2 N–H and O–H groups in total. The summed E-state index contributed by atoms with van der Waals surface area (Å²) in [5.41, 5.74) is 0.0307. The largest absolute Gasteiger partial charge is 0.478 e. The van der Waals surface area contributed by atoms with Crippen molar-refractivity contribution in [1.29, 1.82) is 0 Å². The molecular formula is C11H9ClN4O4. The first kappa shape index (κ1) is 13.8. The predicted molar refractivity (Wildman–Crippen MR) is 71.6 cm³/mol. The summed E-state index contributed by atoms with van der Waals surface area (Å²) in [5, 5.41) is 26.5. The van der Waals surface area contributed by atoms with E-state index >= 15 is 0 Å². The Morgan fingerprint density at radius 3 is 2.85 bits per heavy atom. The predicted octanol–water partition coefficient (Wildman–Crippen LogP) is 2.42. The number of hydrogen-bond acceptors (Lipinski definition) is 5. The Bertz CT molecular complexity index is 698. The maximum Gasteiger partial charge on any atom is 0.337 e. The normalized spacial score (nSPS) is 10.3. The molecule has 20 heavy (non-hydrogen) atoms. The molecule has 9 heteroatoms. The highest BCUT2D eigenvalue weighted by atomic mass is 35.5. The summed E-state index contributed by atoms with van der Waals surface area (Å²) < 4.78 is 1.29. The number of nitrogens with zero attached hydrogens (tertiary/aromatic N) is 3. The van der Waals surface area contributed by atoms with E-state index in [0.29, 0.717) is 5.69 Å². The van der Waals surface area contributed by atoms with Gasteiger partial charge < -0.3 is 10.4 Å². The molecule has 0 atom stereocenters. The van der Waals surface area contributed by atoms with Gasteiger partial charge in [0.25, 0.3) is 0 Å². The van der Waals surface area contributed by atoms with Crippen LogP contribution in [-0.2, 0) is 7.05 Å². The second-order valence-corrected chi connectivity index (χ2v) is 4.33. The highest BCUT2D eigenvalue weighted by Crippen LogP contribution is 2.27. The number of hydrogen-bond donors (Lipinski definition) is 2. The molecule has 0 aliphatic heterocycles. The SMILES string of the molecule is Cn1cc([N+](=O)[O-])c(Nc2ccc(Cl)c(C(=O)O)c2)n1. The first-order valence-electron chi connectivity index (χ1n) is 5.36. The molecule has 2 rings (SSSR count). The van der Waals surface area contributed by atoms with E-state index in [9.17, 15) is 14.9 Å². The van der Waals surface area contributed by atoms with Crippen LogP contribution in [0.1, 0.15) is 10.4 Å². The van der Waals surface area contributed by atoms with Gasteiger partial charge in [-0.15, -0.1) is 5.10 Å². The average Bonchev–Trinajstić information content (AvgIpc) is 2.72. The molecule has 2 aromatic rings. The average molecular weight is 297 g/mol. The molecule has 1 aromatic heterocycles. The van der Waals surface area contributed by atoms with Gasteiger partial charge in [-0.25, -0.2) is 4.79 Å². The van der Waals surface area contributed by atoms with Crippen molar-refractivity contribution in [2.75, 3.05) is 5.32 Å². The number of benzene rings is 1. The van der Waals surface area contributed by atoms with Crippen LogP contribution in [0.25, 0.3) is 0 Å². The van der Waals surface area contributed by atoms with Crippen LogP contribution in [0.5, 0.6) is 0 Å².